The van der Waals surface area contributed by atoms with Gasteiger partial charge in [-0.3, -0.25) is 9.59 Å². The second-order valence-corrected chi connectivity index (χ2v) is 13.1. The molecule has 6 aliphatic rings. The average Bonchev–Trinajstić information content (AvgIpc) is 3.26. The summed E-state index contributed by atoms with van der Waals surface area (Å²) in [5.41, 5.74) is 5.19. The van der Waals surface area contributed by atoms with Crippen molar-refractivity contribution >= 4 is 23.3 Å². The van der Waals surface area contributed by atoms with Crippen LogP contribution in [-0.4, -0.2) is 60.0 Å². The number of halogens is 1. The molecule has 7 heteroatoms. The molecule has 4 aliphatic carbocycles. The molecule has 3 fully saturated rings. The van der Waals surface area contributed by atoms with E-state index in [4.69, 9.17) is 21.1 Å². The number of fused-ring (bicyclic) bond motifs is 5. The minimum absolute atomic E-state index is 0.0763. The Hall–Kier alpha value is -2.31. The van der Waals surface area contributed by atoms with E-state index in [2.05, 4.69) is 32.0 Å². The first-order chi connectivity index (χ1) is 17.9. The van der Waals surface area contributed by atoms with Gasteiger partial charge >= 0.3 is 0 Å². The lowest BCUT2D eigenvalue weighted by Gasteiger charge is -2.59. The second-order valence-electron chi connectivity index (χ2n) is 12.7. The van der Waals surface area contributed by atoms with Crippen LogP contribution in [-0.2, 0) is 11.2 Å². The summed E-state index contributed by atoms with van der Waals surface area (Å²) < 4.78 is 13.4. The molecule has 0 saturated heterocycles. The third-order valence-corrected chi connectivity index (χ3v) is 11.0. The number of rotatable bonds is 4. The van der Waals surface area contributed by atoms with Crippen molar-refractivity contribution < 1.29 is 19.1 Å². The highest BCUT2D eigenvalue weighted by molar-refractivity contribution is 6.34. The van der Waals surface area contributed by atoms with Gasteiger partial charge in [0, 0.05) is 48.5 Å². The molecule has 2 aliphatic heterocycles. The zero-order chi connectivity index (χ0) is 27.2. The van der Waals surface area contributed by atoms with E-state index >= 15 is 0 Å². The van der Waals surface area contributed by atoms with Crippen LogP contribution in [0.2, 0.25) is 5.02 Å². The van der Waals surface area contributed by atoms with Gasteiger partial charge in [-0.1, -0.05) is 23.3 Å². The summed E-state index contributed by atoms with van der Waals surface area (Å²) in [7, 11) is 4.40. The fraction of sp³-hybridized carbons (Fsp3) is 0.613. The second kappa shape index (κ2) is 8.59. The van der Waals surface area contributed by atoms with Gasteiger partial charge in [-0.15, -0.1) is 0 Å². The SMILES string of the molecule is CC1=CC(C)=C(CN2CCc3c(Cl)c4c(c(C)c3C2=O)O[C@@](C)(C23CCC(N(C)C)(CC2)CC3)O4)C(=O)C1. The Morgan fingerprint density at radius 2 is 1.63 bits per heavy atom. The topological polar surface area (TPSA) is 59.1 Å². The predicted molar refractivity (Wildman–Crippen MR) is 148 cm³/mol. The number of hydrogen-bond acceptors (Lipinski definition) is 5. The van der Waals surface area contributed by atoms with Gasteiger partial charge in [-0.25, -0.2) is 0 Å². The van der Waals surface area contributed by atoms with Gasteiger partial charge in [-0.2, -0.15) is 0 Å². The molecule has 1 atom stereocenters. The van der Waals surface area contributed by atoms with Gasteiger partial charge in [0.15, 0.2) is 17.3 Å². The lowest BCUT2D eigenvalue weighted by atomic mass is 9.54. The van der Waals surface area contributed by atoms with Crippen LogP contribution in [0.4, 0.5) is 0 Å². The van der Waals surface area contributed by atoms with Crippen molar-refractivity contribution in [2.75, 3.05) is 27.2 Å². The largest absolute Gasteiger partial charge is 0.448 e. The minimum Gasteiger partial charge on any atom is -0.448 e. The highest BCUT2D eigenvalue weighted by atomic mass is 35.5. The van der Waals surface area contributed by atoms with E-state index in [-0.39, 0.29) is 22.6 Å². The molecule has 2 heterocycles. The Balaban J connectivity index is 1.31. The Kier molecular flexibility index (Phi) is 5.87. The lowest BCUT2D eigenvalue weighted by molar-refractivity contribution is -0.211. The molecule has 38 heavy (non-hydrogen) atoms. The molecule has 0 spiro atoms. The predicted octanol–water partition coefficient (Wildman–Crippen LogP) is 6.02. The van der Waals surface area contributed by atoms with Gasteiger partial charge < -0.3 is 19.3 Å². The van der Waals surface area contributed by atoms with Crippen LogP contribution in [0.1, 0.15) is 87.2 Å². The van der Waals surface area contributed by atoms with Crippen molar-refractivity contribution in [2.45, 2.75) is 90.4 Å². The Morgan fingerprint density at radius 3 is 2.24 bits per heavy atom. The van der Waals surface area contributed by atoms with E-state index in [9.17, 15) is 9.59 Å². The average molecular weight is 539 g/mol. The van der Waals surface area contributed by atoms with Crippen molar-refractivity contribution in [1.29, 1.82) is 0 Å². The smallest absolute Gasteiger partial charge is 0.254 e. The molecule has 2 bridgehead atoms. The number of allylic oxidation sites excluding steroid dienone is 3. The van der Waals surface area contributed by atoms with Gasteiger partial charge in [-0.05, 0) is 90.9 Å². The van der Waals surface area contributed by atoms with Crippen LogP contribution in [0, 0.1) is 12.3 Å². The van der Waals surface area contributed by atoms with Crippen LogP contribution in [0.25, 0.3) is 0 Å². The normalized spacial score (nSPS) is 32.3. The summed E-state index contributed by atoms with van der Waals surface area (Å²) in [4.78, 5) is 30.8. The van der Waals surface area contributed by atoms with Gasteiger partial charge in [0.1, 0.15) is 0 Å². The fourth-order valence-corrected chi connectivity index (χ4v) is 8.20. The van der Waals surface area contributed by atoms with E-state index < -0.39 is 5.79 Å². The van der Waals surface area contributed by atoms with Crippen LogP contribution in [0.3, 0.4) is 0 Å². The molecule has 0 aromatic heterocycles. The Labute approximate surface area is 231 Å². The maximum Gasteiger partial charge on any atom is 0.254 e. The van der Waals surface area contributed by atoms with E-state index in [1.165, 1.54) is 0 Å². The molecule has 1 aromatic carbocycles. The molecular weight excluding hydrogens is 500 g/mol. The molecule has 204 valence electrons. The van der Waals surface area contributed by atoms with E-state index in [0.717, 1.165) is 66.4 Å². The summed E-state index contributed by atoms with van der Waals surface area (Å²) in [5.74, 6) is 0.413. The van der Waals surface area contributed by atoms with Crippen molar-refractivity contribution in [3.63, 3.8) is 0 Å². The first-order valence-electron chi connectivity index (χ1n) is 14.0. The van der Waals surface area contributed by atoms with E-state index in [1.807, 2.05) is 20.8 Å². The van der Waals surface area contributed by atoms with Gasteiger partial charge in [0.25, 0.3) is 11.7 Å². The highest BCUT2D eigenvalue weighted by Gasteiger charge is 2.62. The first-order valence-corrected chi connectivity index (χ1v) is 14.4. The van der Waals surface area contributed by atoms with Crippen LogP contribution in [0.5, 0.6) is 11.5 Å². The molecular formula is C31H39ClN2O4. The number of amides is 1. The first kappa shape index (κ1) is 25.9. The van der Waals surface area contributed by atoms with Crippen LogP contribution >= 0.6 is 11.6 Å². The van der Waals surface area contributed by atoms with Crippen LogP contribution < -0.4 is 9.47 Å². The molecule has 0 unspecified atom stereocenters. The van der Waals surface area contributed by atoms with Crippen LogP contribution in [0.15, 0.2) is 22.8 Å². The molecule has 1 aromatic rings. The van der Waals surface area contributed by atoms with Crippen molar-refractivity contribution in [3.05, 3.63) is 44.5 Å². The summed E-state index contributed by atoms with van der Waals surface area (Å²) in [6, 6.07) is 0. The number of ether oxygens (including phenoxy) is 2. The molecule has 3 saturated carbocycles. The quantitative estimate of drug-likeness (QED) is 0.469. The number of hydrogen-bond donors (Lipinski definition) is 0. The molecule has 1 amide bonds. The standard InChI is InChI=1S/C31H39ClN2O4/c1-18-15-19(2)22(23(35)16-18)17-34-14-7-21-24(28(34)36)20(3)26-27(25(21)32)38-29(4,37-26)30-8-11-31(12-9-30,13-10-30)33(5)6/h15H,7-14,16-17H2,1-6H3/t29-,30?,31?/m1/s1. The minimum atomic E-state index is -0.810. The summed E-state index contributed by atoms with van der Waals surface area (Å²) in [6.07, 6.45) is 9.66. The molecule has 0 N–H and O–H groups in total. The van der Waals surface area contributed by atoms with Gasteiger partial charge in [0.2, 0.25) is 0 Å². The number of ketones is 1. The summed E-state index contributed by atoms with van der Waals surface area (Å²) >= 11 is 6.99. The third kappa shape index (κ3) is 3.55. The van der Waals surface area contributed by atoms with E-state index in [0.29, 0.717) is 48.0 Å². The molecule has 6 nitrogen and oxygen atoms in total. The highest BCUT2D eigenvalue weighted by Crippen LogP contribution is 2.63. The summed E-state index contributed by atoms with van der Waals surface area (Å²) in [6.45, 7) is 8.80. The van der Waals surface area contributed by atoms with Crippen molar-refractivity contribution in [3.8, 4) is 11.5 Å². The monoisotopic (exact) mass is 538 g/mol. The molecule has 0 radical (unpaired) electrons. The molecule has 7 rings (SSSR count). The number of carbonyl (C=O) groups is 2. The maximum absolute atomic E-state index is 13.8. The fourth-order valence-electron chi connectivity index (χ4n) is 7.89. The lowest BCUT2D eigenvalue weighted by Crippen LogP contribution is -2.62. The van der Waals surface area contributed by atoms with Crippen molar-refractivity contribution in [1.82, 2.24) is 9.80 Å². The Bertz CT molecular complexity index is 1300. The third-order valence-electron chi connectivity index (χ3n) is 10.6. The zero-order valence-electron chi connectivity index (χ0n) is 23.6. The number of carbonyl (C=O) groups excluding carboxylic acids is 2. The maximum atomic E-state index is 13.8. The van der Waals surface area contributed by atoms with Gasteiger partial charge in [0.05, 0.1) is 10.6 Å². The number of benzene rings is 1. The number of Topliss-reactive ketones (excluding diaryl/α,β-unsaturated/α-hetero) is 1. The number of nitrogens with zero attached hydrogens (tertiary/aromatic N) is 2. The van der Waals surface area contributed by atoms with E-state index in [1.54, 1.807) is 4.90 Å². The van der Waals surface area contributed by atoms with Crippen molar-refractivity contribution in [2.24, 2.45) is 5.41 Å². The Morgan fingerprint density at radius 1 is 1.00 bits per heavy atom. The summed E-state index contributed by atoms with van der Waals surface area (Å²) in [5, 5.41) is 0.505. The zero-order valence-corrected chi connectivity index (χ0v) is 24.3.